The quantitative estimate of drug-likeness (QED) is 0.700. The van der Waals surface area contributed by atoms with Gasteiger partial charge in [0.2, 0.25) is 0 Å². The van der Waals surface area contributed by atoms with Gasteiger partial charge in [0.05, 0.1) is 12.7 Å². The lowest BCUT2D eigenvalue weighted by Gasteiger charge is -2.37. The second-order valence-corrected chi connectivity index (χ2v) is 4.20. The molecule has 1 saturated heterocycles. The lowest BCUT2D eigenvalue weighted by molar-refractivity contribution is -0.0131. The van der Waals surface area contributed by atoms with Crippen LogP contribution in [0.2, 0.25) is 0 Å². The Kier molecular flexibility index (Phi) is 2.22. The molecule has 80 valence electrons. The molecule has 3 heteroatoms. The highest BCUT2D eigenvalue weighted by atomic mass is 19.1. The third-order valence-corrected chi connectivity index (χ3v) is 3.34. The molecule has 2 aliphatic rings. The average molecular weight is 207 g/mol. The van der Waals surface area contributed by atoms with E-state index >= 15 is 0 Å². The van der Waals surface area contributed by atoms with Crippen LogP contribution in [0.5, 0.6) is 0 Å². The Balaban J connectivity index is 2.03. The summed E-state index contributed by atoms with van der Waals surface area (Å²) in [7, 11) is 0. The largest absolute Gasteiger partial charge is 0.371 e. The van der Waals surface area contributed by atoms with Gasteiger partial charge in [-0.25, -0.2) is 4.39 Å². The van der Waals surface area contributed by atoms with Crippen LogP contribution in [0.1, 0.15) is 23.7 Å². The number of nitrogens with one attached hydrogen (secondary N) is 1. The minimum absolute atomic E-state index is 0.0539. The van der Waals surface area contributed by atoms with Crippen molar-refractivity contribution in [3.8, 4) is 0 Å². The van der Waals surface area contributed by atoms with Gasteiger partial charge in [-0.05, 0) is 30.0 Å². The van der Waals surface area contributed by atoms with Gasteiger partial charge in [0.1, 0.15) is 5.82 Å². The number of hydrogen-bond acceptors (Lipinski definition) is 2. The van der Waals surface area contributed by atoms with Gasteiger partial charge in [-0.15, -0.1) is 0 Å². The van der Waals surface area contributed by atoms with E-state index in [4.69, 9.17) is 4.74 Å². The summed E-state index contributed by atoms with van der Waals surface area (Å²) in [6.07, 6.45) is 1.84. The van der Waals surface area contributed by atoms with Crippen LogP contribution in [0, 0.1) is 5.82 Å². The normalized spacial score (nSPS) is 29.4. The van der Waals surface area contributed by atoms with Gasteiger partial charge in [-0.3, -0.25) is 0 Å². The summed E-state index contributed by atoms with van der Waals surface area (Å²) >= 11 is 0. The molecule has 2 nitrogen and oxygen atoms in total. The SMILES string of the molecule is Fc1cccc2c1CCC1NCCOC21. The number of halogens is 1. The van der Waals surface area contributed by atoms with Crippen molar-refractivity contribution >= 4 is 0 Å². The maximum absolute atomic E-state index is 13.6. The van der Waals surface area contributed by atoms with Crippen LogP contribution >= 0.6 is 0 Å². The Morgan fingerprint density at radius 1 is 1.40 bits per heavy atom. The molecular weight excluding hydrogens is 193 g/mol. The van der Waals surface area contributed by atoms with Crippen LogP contribution in [0.4, 0.5) is 4.39 Å². The summed E-state index contributed by atoms with van der Waals surface area (Å²) in [5.74, 6) is -0.0832. The number of fused-ring (bicyclic) bond motifs is 3. The van der Waals surface area contributed by atoms with Crippen LogP contribution in [-0.2, 0) is 11.2 Å². The van der Waals surface area contributed by atoms with Gasteiger partial charge >= 0.3 is 0 Å². The van der Waals surface area contributed by atoms with Gasteiger partial charge in [0, 0.05) is 12.6 Å². The van der Waals surface area contributed by atoms with E-state index in [1.54, 1.807) is 6.07 Å². The summed E-state index contributed by atoms with van der Waals surface area (Å²) < 4.78 is 19.3. The fourth-order valence-electron chi connectivity index (χ4n) is 2.62. The topological polar surface area (TPSA) is 21.3 Å². The van der Waals surface area contributed by atoms with Crippen molar-refractivity contribution in [1.29, 1.82) is 0 Å². The van der Waals surface area contributed by atoms with E-state index in [-0.39, 0.29) is 11.9 Å². The highest BCUT2D eigenvalue weighted by molar-refractivity contribution is 5.34. The minimum atomic E-state index is -0.0832. The Morgan fingerprint density at radius 3 is 3.27 bits per heavy atom. The van der Waals surface area contributed by atoms with Crippen molar-refractivity contribution in [2.75, 3.05) is 13.2 Å². The Bertz CT molecular complexity index is 380. The van der Waals surface area contributed by atoms with Crippen molar-refractivity contribution in [2.45, 2.75) is 25.0 Å². The standard InChI is InChI=1S/C12H14FNO/c13-10-3-1-2-9-8(10)4-5-11-12(9)15-7-6-14-11/h1-3,11-12,14H,4-7H2. The van der Waals surface area contributed by atoms with Gasteiger partial charge in [0.15, 0.2) is 0 Å². The third kappa shape index (κ3) is 1.46. The fourth-order valence-corrected chi connectivity index (χ4v) is 2.62. The number of hydrogen-bond donors (Lipinski definition) is 1. The highest BCUT2D eigenvalue weighted by Crippen LogP contribution is 2.35. The van der Waals surface area contributed by atoms with Crippen molar-refractivity contribution in [1.82, 2.24) is 5.32 Å². The molecule has 0 radical (unpaired) electrons. The first-order valence-corrected chi connectivity index (χ1v) is 5.48. The van der Waals surface area contributed by atoms with Gasteiger partial charge in [-0.2, -0.15) is 0 Å². The van der Waals surface area contributed by atoms with E-state index in [2.05, 4.69) is 5.32 Å². The van der Waals surface area contributed by atoms with Crippen LogP contribution in [0.15, 0.2) is 18.2 Å². The summed E-state index contributed by atoms with van der Waals surface area (Å²) in [6, 6.07) is 5.67. The summed E-state index contributed by atoms with van der Waals surface area (Å²) in [5, 5.41) is 3.43. The number of morpholine rings is 1. The maximum atomic E-state index is 13.6. The second-order valence-electron chi connectivity index (χ2n) is 4.20. The lowest BCUT2D eigenvalue weighted by atomic mass is 9.85. The first-order chi connectivity index (χ1) is 7.36. The molecular formula is C12H14FNO. The molecule has 2 unspecified atom stereocenters. The summed E-state index contributed by atoms with van der Waals surface area (Å²) in [5.41, 5.74) is 1.89. The average Bonchev–Trinajstić information content (AvgIpc) is 2.29. The highest BCUT2D eigenvalue weighted by Gasteiger charge is 2.33. The van der Waals surface area contributed by atoms with Gasteiger partial charge in [-0.1, -0.05) is 12.1 Å². The molecule has 0 spiro atoms. The van der Waals surface area contributed by atoms with Crippen molar-refractivity contribution in [2.24, 2.45) is 0 Å². The van der Waals surface area contributed by atoms with E-state index < -0.39 is 0 Å². The molecule has 1 fully saturated rings. The van der Waals surface area contributed by atoms with Crippen LogP contribution in [0.25, 0.3) is 0 Å². The molecule has 1 heterocycles. The minimum Gasteiger partial charge on any atom is -0.371 e. The zero-order valence-electron chi connectivity index (χ0n) is 8.50. The van der Waals surface area contributed by atoms with Crippen molar-refractivity contribution < 1.29 is 9.13 Å². The van der Waals surface area contributed by atoms with Crippen LogP contribution in [0.3, 0.4) is 0 Å². The molecule has 1 aliphatic carbocycles. The molecule has 0 saturated carbocycles. The monoisotopic (exact) mass is 207 g/mol. The zero-order valence-corrected chi connectivity index (χ0v) is 8.50. The Hall–Kier alpha value is -0.930. The molecule has 2 atom stereocenters. The molecule has 0 bridgehead atoms. The number of ether oxygens (including phenoxy) is 1. The maximum Gasteiger partial charge on any atom is 0.126 e. The predicted molar refractivity (Wildman–Crippen MR) is 55.2 cm³/mol. The van der Waals surface area contributed by atoms with E-state index in [1.807, 2.05) is 6.07 Å². The zero-order chi connectivity index (χ0) is 10.3. The van der Waals surface area contributed by atoms with Gasteiger partial charge in [0.25, 0.3) is 0 Å². The molecule has 1 N–H and O–H groups in total. The lowest BCUT2D eigenvalue weighted by Crippen LogP contribution is -2.46. The van der Waals surface area contributed by atoms with E-state index in [9.17, 15) is 4.39 Å². The van der Waals surface area contributed by atoms with E-state index in [1.165, 1.54) is 6.07 Å². The third-order valence-electron chi connectivity index (χ3n) is 3.34. The molecule has 0 amide bonds. The van der Waals surface area contributed by atoms with E-state index in [0.717, 1.165) is 37.1 Å². The summed E-state index contributed by atoms with van der Waals surface area (Å²) in [4.78, 5) is 0. The summed E-state index contributed by atoms with van der Waals surface area (Å²) in [6.45, 7) is 1.63. The van der Waals surface area contributed by atoms with Crippen LogP contribution < -0.4 is 5.32 Å². The van der Waals surface area contributed by atoms with Crippen molar-refractivity contribution in [3.05, 3.63) is 35.1 Å². The molecule has 0 aromatic heterocycles. The number of benzene rings is 1. The molecule has 3 rings (SSSR count). The van der Waals surface area contributed by atoms with Crippen molar-refractivity contribution in [3.63, 3.8) is 0 Å². The molecule has 1 aromatic carbocycles. The second kappa shape index (κ2) is 3.58. The Morgan fingerprint density at radius 2 is 2.33 bits per heavy atom. The van der Waals surface area contributed by atoms with Gasteiger partial charge < -0.3 is 10.1 Å². The number of rotatable bonds is 0. The predicted octanol–water partition coefficient (Wildman–Crippen LogP) is 1.80. The first kappa shape index (κ1) is 9.31. The molecule has 1 aliphatic heterocycles. The Labute approximate surface area is 88.4 Å². The fraction of sp³-hybridized carbons (Fsp3) is 0.500. The smallest absolute Gasteiger partial charge is 0.126 e. The molecule has 1 aromatic rings. The van der Waals surface area contributed by atoms with Crippen LogP contribution in [-0.4, -0.2) is 19.2 Å². The first-order valence-electron chi connectivity index (χ1n) is 5.48. The molecule has 15 heavy (non-hydrogen) atoms. The van der Waals surface area contributed by atoms with E-state index in [0.29, 0.717) is 6.04 Å².